The van der Waals surface area contributed by atoms with Gasteiger partial charge in [-0.3, -0.25) is 0 Å². The highest BCUT2D eigenvalue weighted by atomic mass is 16.5. The number of nitrogens with zero attached hydrogens (tertiary/aromatic N) is 2. The number of hydrogen-bond donors (Lipinski definition) is 2. The Hall–Kier alpha value is -3.48. The summed E-state index contributed by atoms with van der Waals surface area (Å²) in [5.41, 5.74) is 1.99. The number of methoxy groups -OCH3 is 2. The summed E-state index contributed by atoms with van der Waals surface area (Å²) in [4.78, 5) is 8.72. The van der Waals surface area contributed by atoms with E-state index < -0.39 is 0 Å². The minimum absolute atomic E-state index is 0.485. The van der Waals surface area contributed by atoms with Gasteiger partial charge in [-0.05, 0) is 55.0 Å². The van der Waals surface area contributed by atoms with Crippen molar-refractivity contribution < 1.29 is 14.2 Å². The Kier molecular flexibility index (Phi) is 6.51. The molecule has 28 heavy (non-hydrogen) atoms. The second kappa shape index (κ2) is 9.45. The van der Waals surface area contributed by atoms with Gasteiger partial charge in [0.1, 0.15) is 29.7 Å². The van der Waals surface area contributed by atoms with Crippen LogP contribution in [0.3, 0.4) is 0 Å². The zero-order chi connectivity index (χ0) is 19.8. The molecule has 0 spiro atoms. The molecule has 0 aliphatic rings. The number of nitrogens with one attached hydrogen (secondary N) is 2. The Bertz CT molecular complexity index is 900. The minimum atomic E-state index is 0.485. The van der Waals surface area contributed by atoms with E-state index in [0.717, 1.165) is 28.5 Å². The van der Waals surface area contributed by atoms with E-state index in [2.05, 4.69) is 20.6 Å². The van der Waals surface area contributed by atoms with Gasteiger partial charge in [0.05, 0.1) is 26.5 Å². The molecule has 0 aliphatic carbocycles. The minimum Gasteiger partial charge on any atom is -0.497 e. The number of hydrogen-bond acceptors (Lipinski definition) is 7. The fraction of sp³-hybridized carbons (Fsp3) is 0.238. The molecular weight excluding hydrogens is 356 g/mol. The summed E-state index contributed by atoms with van der Waals surface area (Å²) in [6, 6.07) is 15.2. The summed E-state index contributed by atoms with van der Waals surface area (Å²) in [5, 5.41) is 6.43. The topological polar surface area (TPSA) is 77.5 Å². The summed E-state index contributed by atoms with van der Waals surface area (Å²) in [6.45, 7) is 3.09. The van der Waals surface area contributed by atoms with Crippen molar-refractivity contribution in [2.24, 2.45) is 0 Å². The molecule has 3 rings (SSSR count). The molecule has 0 saturated heterocycles. The molecule has 7 nitrogen and oxygen atoms in total. The normalized spacial score (nSPS) is 10.2. The number of ether oxygens (including phenoxy) is 3. The zero-order valence-corrected chi connectivity index (χ0v) is 16.2. The number of anilines is 3. The summed E-state index contributed by atoms with van der Waals surface area (Å²) in [6.07, 6.45) is 1.70. The van der Waals surface area contributed by atoms with Gasteiger partial charge in [-0.15, -0.1) is 0 Å². The fourth-order valence-electron chi connectivity index (χ4n) is 2.57. The number of aromatic nitrogens is 2. The maximum atomic E-state index is 5.69. The summed E-state index contributed by atoms with van der Waals surface area (Å²) in [7, 11) is 3.28. The second-order valence-corrected chi connectivity index (χ2v) is 6.04. The van der Waals surface area contributed by atoms with E-state index in [1.807, 2.05) is 49.4 Å². The lowest BCUT2D eigenvalue weighted by atomic mass is 10.2. The van der Waals surface area contributed by atoms with E-state index in [4.69, 9.17) is 14.2 Å². The van der Waals surface area contributed by atoms with E-state index >= 15 is 0 Å². The molecule has 7 heteroatoms. The first-order valence-electron chi connectivity index (χ1n) is 8.93. The molecule has 0 amide bonds. The Labute approximate surface area is 164 Å². The highest BCUT2D eigenvalue weighted by Gasteiger charge is 2.06. The molecule has 0 bridgehead atoms. The van der Waals surface area contributed by atoms with Crippen LogP contribution in [-0.2, 0) is 0 Å². The number of benzene rings is 2. The van der Waals surface area contributed by atoms with Crippen LogP contribution in [0.15, 0.2) is 54.7 Å². The van der Waals surface area contributed by atoms with E-state index in [0.29, 0.717) is 24.9 Å². The second-order valence-electron chi connectivity index (χ2n) is 6.04. The summed E-state index contributed by atoms with van der Waals surface area (Å²) in [5.74, 6) is 3.54. The Morgan fingerprint density at radius 2 is 1.71 bits per heavy atom. The highest BCUT2D eigenvalue weighted by molar-refractivity contribution is 5.65. The van der Waals surface area contributed by atoms with Crippen molar-refractivity contribution in [3.63, 3.8) is 0 Å². The smallest absolute Gasteiger partial charge is 0.224 e. The van der Waals surface area contributed by atoms with Crippen molar-refractivity contribution in [1.82, 2.24) is 9.97 Å². The quantitative estimate of drug-likeness (QED) is 0.543. The van der Waals surface area contributed by atoms with Gasteiger partial charge in [0, 0.05) is 6.20 Å². The average molecular weight is 380 g/mol. The highest BCUT2D eigenvalue weighted by Crippen LogP contribution is 2.28. The third-order valence-electron chi connectivity index (χ3n) is 3.99. The van der Waals surface area contributed by atoms with E-state index in [1.165, 1.54) is 0 Å². The van der Waals surface area contributed by atoms with Crippen LogP contribution >= 0.6 is 0 Å². The van der Waals surface area contributed by atoms with Crippen LogP contribution in [0.2, 0.25) is 0 Å². The molecular formula is C21H24N4O3. The van der Waals surface area contributed by atoms with Crippen LogP contribution < -0.4 is 24.8 Å². The van der Waals surface area contributed by atoms with Crippen molar-refractivity contribution in [3.05, 3.63) is 60.3 Å². The molecule has 146 valence electrons. The monoisotopic (exact) mass is 380 g/mol. The van der Waals surface area contributed by atoms with Crippen LogP contribution in [0.5, 0.6) is 17.2 Å². The lowest BCUT2D eigenvalue weighted by Crippen LogP contribution is -2.13. The SMILES string of the molecule is COc1ccc(OCCNc2nccc(Nc3cc(C)ccc3OC)n2)cc1. The third kappa shape index (κ3) is 5.26. The van der Waals surface area contributed by atoms with E-state index in [1.54, 1.807) is 26.5 Å². The van der Waals surface area contributed by atoms with Gasteiger partial charge in [-0.25, -0.2) is 4.98 Å². The molecule has 1 aromatic heterocycles. The third-order valence-corrected chi connectivity index (χ3v) is 3.99. The molecule has 0 unspecified atom stereocenters. The van der Waals surface area contributed by atoms with Crippen molar-refractivity contribution in [3.8, 4) is 17.2 Å². The fourth-order valence-corrected chi connectivity index (χ4v) is 2.57. The average Bonchev–Trinajstić information content (AvgIpc) is 2.72. The summed E-state index contributed by atoms with van der Waals surface area (Å²) < 4.78 is 16.2. The zero-order valence-electron chi connectivity index (χ0n) is 16.2. The number of rotatable bonds is 9. The Morgan fingerprint density at radius 1 is 0.929 bits per heavy atom. The lowest BCUT2D eigenvalue weighted by molar-refractivity contribution is 0.331. The van der Waals surface area contributed by atoms with Crippen LogP contribution in [0.4, 0.5) is 17.5 Å². The van der Waals surface area contributed by atoms with E-state index in [-0.39, 0.29) is 0 Å². The van der Waals surface area contributed by atoms with Crippen LogP contribution in [-0.4, -0.2) is 37.3 Å². The molecule has 2 N–H and O–H groups in total. The molecule has 3 aromatic rings. The molecule has 0 radical (unpaired) electrons. The van der Waals surface area contributed by atoms with E-state index in [9.17, 15) is 0 Å². The lowest BCUT2D eigenvalue weighted by Gasteiger charge is -2.12. The van der Waals surface area contributed by atoms with Crippen molar-refractivity contribution in [2.45, 2.75) is 6.92 Å². The first-order chi connectivity index (χ1) is 13.7. The largest absolute Gasteiger partial charge is 0.497 e. The van der Waals surface area contributed by atoms with Gasteiger partial charge < -0.3 is 24.8 Å². The van der Waals surface area contributed by atoms with Gasteiger partial charge in [0.25, 0.3) is 0 Å². The summed E-state index contributed by atoms with van der Waals surface area (Å²) >= 11 is 0. The van der Waals surface area contributed by atoms with Gasteiger partial charge in [-0.1, -0.05) is 6.07 Å². The van der Waals surface area contributed by atoms with Crippen LogP contribution in [0.25, 0.3) is 0 Å². The van der Waals surface area contributed by atoms with Gasteiger partial charge in [-0.2, -0.15) is 4.98 Å². The molecule has 1 heterocycles. The van der Waals surface area contributed by atoms with Crippen molar-refractivity contribution in [1.29, 1.82) is 0 Å². The molecule has 0 atom stereocenters. The predicted octanol–water partition coefficient (Wildman–Crippen LogP) is 4.04. The van der Waals surface area contributed by atoms with Crippen LogP contribution in [0, 0.1) is 6.92 Å². The molecule has 0 saturated carbocycles. The molecule has 0 aliphatic heterocycles. The first kappa shape index (κ1) is 19.3. The maximum absolute atomic E-state index is 5.69. The Balaban J connectivity index is 1.54. The maximum Gasteiger partial charge on any atom is 0.224 e. The van der Waals surface area contributed by atoms with Gasteiger partial charge >= 0.3 is 0 Å². The Morgan fingerprint density at radius 3 is 2.46 bits per heavy atom. The van der Waals surface area contributed by atoms with Gasteiger partial charge in [0.2, 0.25) is 5.95 Å². The molecule has 0 fully saturated rings. The first-order valence-corrected chi connectivity index (χ1v) is 8.93. The van der Waals surface area contributed by atoms with Gasteiger partial charge in [0.15, 0.2) is 0 Å². The number of aryl methyl sites for hydroxylation is 1. The van der Waals surface area contributed by atoms with Crippen LogP contribution in [0.1, 0.15) is 5.56 Å². The molecule has 2 aromatic carbocycles. The predicted molar refractivity (Wildman–Crippen MR) is 110 cm³/mol. The van der Waals surface area contributed by atoms with Crippen molar-refractivity contribution in [2.75, 3.05) is 38.0 Å². The van der Waals surface area contributed by atoms with Crippen molar-refractivity contribution >= 4 is 17.5 Å². The standard InChI is InChI=1S/C21H24N4O3/c1-15-4-9-19(27-3)18(14-15)24-20-10-11-22-21(25-20)23-12-13-28-17-7-5-16(26-2)6-8-17/h4-11,14H,12-13H2,1-3H3,(H2,22,23,24,25).